The van der Waals surface area contributed by atoms with Gasteiger partial charge in [0.05, 0.1) is 12.2 Å². The van der Waals surface area contributed by atoms with Crippen molar-refractivity contribution in [3.05, 3.63) is 89.7 Å². The summed E-state index contributed by atoms with van der Waals surface area (Å²) < 4.78 is 0. The second-order valence-electron chi connectivity index (χ2n) is 5.44. The number of pyridine rings is 1. The third-order valence-corrected chi connectivity index (χ3v) is 3.84. The monoisotopic (exact) mass is 318 g/mol. The predicted molar refractivity (Wildman–Crippen MR) is 93.2 cm³/mol. The van der Waals surface area contributed by atoms with Gasteiger partial charge in [-0.25, -0.2) is 0 Å². The molecule has 0 bridgehead atoms. The molecule has 0 radical (unpaired) electrons. The Labute approximate surface area is 140 Å². The van der Waals surface area contributed by atoms with Gasteiger partial charge in [-0.3, -0.25) is 9.78 Å². The van der Waals surface area contributed by atoms with Crippen molar-refractivity contribution in [3.8, 4) is 11.1 Å². The van der Waals surface area contributed by atoms with Crippen LogP contribution in [0.1, 0.15) is 21.5 Å². The average molecular weight is 318 g/mol. The number of nitrogens with zero attached hydrogens (tertiary/aromatic N) is 1. The lowest BCUT2D eigenvalue weighted by atomic mass is 10.1. The topological polar surface area (TPSA) is 62.2 Å². The van der Waals surface area contributed by atoms with E-state index in [-0.39, 0.29) is 12.5 Å². The van der Waals surface area contributed by atoms with Crippen LogP contribution in [-0.2, 0) is 13.2 Å². The number of aromatic nitrogens is 1. The van der Waals surface area contributed by atoms with Gasteiger partial charge in [-0.1, -0.05) is 54.6 Å². The normalized spacial score (nSPS) is 10.4. The van der Waals surface area contributed by atoms with E-state index in [1.54, 1.807) is 12.4 Å². The fourth-order valence-corrected chi connectivity index (χ4v) is 2.51. The van der Waals surface area contributed by atoms with Crippen molar-refractivity contribution in [1.29, 1.82) is 0 Å². The number of benzene rings is 2. The van der Waals surface area contributed by atoms with E-state index in [1.165, 1.54) is 0 Å². The Kier molecular flexibility index (Phi) is 4.99. The molecule has 0 saturated carbocycles. The van der Waals surface area contributed by atoms with Crippen LogP contribution < -0.4 is 5.32 Å². The summed E-state index contributed by atoms with van der Waals surface area (Å²) in [6.07, 6.45) is 3.30. The summed E-state index contributed by atoms with van der Waals surface area (Å²) in [5, 5.41) is 12.2. The lowest BCUT2D eigenvalue weighted by Gasteiger charge is -2.09. The van der Waals surface area contributed by atoms with E-state index in [2.05, 4.69) is 10.3 Å². The Morgan fingerprint density at radius 3 is 2.38 bits per heavy atom. The Balaban J connectivity index is 1.74. The number of amides is 1. The highest BCUT2D eigenvalue weighted by molar-refractivity contribution is 5.95. The molecule has 0 saturated heterocycles. The highest BCUT2D eigenvalue weighted by atomic mass is 16.3. The summed E-state index contributed by atoms with van der Waals surface area (Å²) in [6, 6.07) is 19.1. The van der Waals surface area contributed by atoms with E-state index in [1.807, 2.05) is 60.7 Å². The second kappa shape index (κ2) is 7.53. The molecule has 0 spiro atoms. The number of nitrogens with one attached hydrogen (secondary N) is 1. The number of rotatable bonds is 5. The summed E-state index contributed by atoms with van der Waals surface area (Å²) in [7, 11) is 0. The van der Waals surface area contributed by atoms with Gasteiger partial charge < -0.3 is 10.4 Å². The molecule has 0 aliphatic carbocycles. The molecule has 0 atom stereocenters. The number of hydrogen-bond donors (Lipinski definition) is 2. The summed E-state index contributed by atoms with van der Waals surface area (Å²) >= 11 is 0. The highest BCUT2D eigenvalue weighted by Crippen LogP contribution is 2.18. The van der Waals surface area contributed by atoms with Gasteiger partial charge in [-0.15, -0.1) is 0 Å². The molecule has 0 unspecified atom stereocenters. The molecule has 4 heteroatoms. The second-order valence-corrected chi connectivity index (χ2v) is 5.44. The lowest BCUT2D eigenvalue weighted by molar-refractivity contribution is 0.0950. The zero-order valence-electron chi connectivity index (χ0n) is 13.1. The quantitative estimate of drug-likeness (QED) is 0.759. The fourth-order valence-electron chi connectivity index (χ4n) is 2.51. The average Bonchev–Trinajstić information content (AvgIpc) is 2.67. The van der Waals surface area contributed by atoms with Gasteiger partial charge >= 0.3 is 0 Å². The molecule has 3 rings (SSSR count). The van der Waals surface area contributed by atoms with Crippen LogP contribution in [0.25, 0.3) is 11.1 Å². The smallest absolute Gasteiger partial charge is 0.253 e. The first-order valence-electron chi connectivity index (χ1n) is 7.74. The summed E-state index contributed by atoms with van der Waals surface area (Å²) in [5.74, 6) is -0.187. The van der Waals surface area contributed by atoms with Crippen molar-refractivity contribution in [2.24, 2.45) is 0 Å². The van der Waals surface area contributed by atoms with E-state index >= 15 is 0 Å². The first-order valence-corrected chi connectivity index (χ1v) is 7.74. The maximum absolute atomic E-state index is 12.4. The molecule has 24 heavy (non-hydrogen) atoms. The third-order valence-electron chi connectivity index (χ3n) is 3.84. The van der Waals surface area contributed by atoms with Crippen molar-refractivity contribution < 1.29 is 9.90 Å². The molecule has 2 aromatic carbocycles. The molecule has 0 fully saturated rings. The highest BCUT2D eigenvalue weighted by Gasteiger charge is 2.09. The summed E-state index contributed by atoms with van der Waals surface area (Å²) in [6.45, 7) is 0.322. The number of aliphatic hydroxyl groups is 1. The standard InChI is InChI=1S/C20H18N2O2/c23-14-17-9-5-4-8-16(17)13-22-20(24)19-10-18(11-21-12-19)15-6-2-1-3-7-15/h1-12,23H,13-14H2,(H,22,24). The number of hydrogen-bond acceptors (Lipinski definition) is 3. The molecule has 1 amide bonds. The Hall–Kier alpha value is -2.98. The van der Waals surface area contributed by atoms with Crippen molar-refractivity contribution in [2.75, 3.05) is 0 Å². The van der Waals surface area contributed by atoms with Crippen LogP contribution in [0.15, 0.2) is 73.1 Å². The van der Waals surface area contributed by atoms with Crippen LogP contribution in [0.5, 0.6) is 0 Å². The molecule has 4 nitrogen and oxygen atoms in total. The number of aliphatic hydroxyl groups excluding tert-OH is 1. The van der Waals surface area contributed by atoms with Gasteiger partial charge in [0.25, 0.3) is 5.91 Å². The van der Waals surface area contributed by atoms with Gasteiger partial charge in [-0.2, -0.15) is 0 Å². The van der Waals surface area contributed by atoms with Crippen molar-refractivity contribution >= 4 is 5.91 Å². The van der Waals surface area contributed by atoms with Crippen LogP contribution in [0.4, 0.5) is 0 Å². The van der Waals surface area contributed by atoms with Crippen LogP contribution in [0.2, 0.25) is 0 Å². The van der Waals surface area contributed by atoms with Crippen LogP contribution in [0, 0.1) is 0 Å². The van der Waals surface area contributed by atoms with E-state index in [9.17, 15) is 9.90 Å². The van der Waals surface area contributed by atoms with Gasteiger partial charge in [0.15, 0.2) is 0 Å². The van der Waals surface area contributed by atoms with E-state index in [0.29, 0.717) is 12.1 Å². The number of carbonyl (C=O) groups excluding carboxylic acids is 1. The van der Waals surface area contributed by atoms with E-state index < -0.39 is 0 Å². The van der Waals surface area contributed by atoms with Crippen molar-refractivity contribution in [2.45, 2.75) is 13.2 Å². The van der Waals surface area contributed by atoms with Crippen LogP contribution >= 0.6 is 0 Å². The van der Waals surface area contributed by atoms with Gasteiger partial charge in [0.1, 0.15) is 0 Å². The van der Waals surface area contributed by atoms with Crippen molar-refractivity contribution in [1.82, 2.24) is 10.3 Å². The summed E-state index contributed by atoms with van der Waals surface area (Å²) in [5.41, 5.74) is 4.15. The minimum Gasteiger partial charge on any atom is -0.392 e. The minimum absolute atomic E-state index is 0.0446. The molecule has 2 N–H and O–H groups in total. The summed E-state index contributed by atoms with van der Waals surface area (Å²) in [4.78, 5) is 16.6. The molecule has 0 aliphatic rings. The molecular weight excluding hydrogens is 300 g/mol. The maximum atomic E-state index is 12.4. The molecule has 1 aromatic heterocycles. The van der Waals surface area contributed by atoms with Crippen LogP contribution in [0.3, 0.4) is 0 Å². The van der Waals surface area contributed by atoms with Crippen molar-refractivity contribution in [3.63, 3.8) is 0 Å². The minimum atomic E-state index is -0.187. The predicted octanol–water partition coefficient (Wildman–Crippen LogP) is 3.17. The largest absolute Gasteiger partial charge is 0.392 e. The molecular formula is C20H18N2O2. The van der Waals surface area contributed by atoms with Gasteiger partial charge in [0.2, 0.25) is 0 Å². The maximum Gasteiger partial charge on any atom is 0.253 e. The Morgan fingerprint density at radius 2 is 1.62 bits per heavy atom. The van der Waals surface area contributed by atoms with Crippen LogP contribution in [-0.4, -0.2) is 16.0 Å². The molecule has 1 heterocycles. The Morgan fingerprint density at radius 1 is 0.917 bits per heavy atom. The Bertz CT molecular complexity index is 832. The van der Waals surface area contributed by atoms with E-state index in [4.69, 9.17) is 0 Å². The van der Waals surface area contributed by atoms with Gasteiger partial charge in [0, 0.05) is 24.5 Å². The zero-order valence-corrected chi connectivity index (χ0v) is 13.1. The van der Waals surface area contributed by atoms with E-state index in [0.717, 1.165) is 22.3 Å². The molecule has 0 aliphatic heterocycles. The third kappa shape index (κ3) is 3.67. The lowest BCUT2D eigenvalue weighted by Crippen LogP contribution is -2.23. The number of carbonyl (C=O) groups is 1. The first kappa shape index (κ1) is 15.9. The first-order chi connectivity index (χ1) is 11.8. The zero-order chi connectivity index (χ0) is 16.8. The molecule has 120 valence electrons. The fraction of sp³-hybridized carbons (Fsp3) is 0.100. The molecule has 3 aromatic rings. The SMILES string of the molecule is O=C(NCc1ccccc1CO)c1cncc(-c2ccccc2)c1. The van der Waals surface area contributed by atoms with Gasteiger partial charge in [-0.05, 0) is 22.8 Å².